The smallest absolute Gasteiger partial charge is 0.199 e. The average molecular weight is 343 g/mol. The zero-order valence-electron chi connectivity index (χ0n) is 14.4. The summed E-state index contributed by atoms with van der Waals surface area (Å²) in [6.07, 6.45) is 2.38. The van der Waals surface area contributed by atoms with Crippen molar-refractivity contribution in [2.75, 3.05) is 18.0 Å². The highest BCUT2D eigenvalue weighted by Gasteiger charge is 2.33. The summed E-state index contributed by atoms with van der Waals surface area (Å²) in [5.41, 5.74) is 0. The number of piperidine rings is 1. The minimum atomic E-state index is -0.717. The fourth-order valence-electron chi connectivity index (χ4n) is 3.17. The molecule has 3 rings (SSSR count). The molecule has 2 aromatic rings. The third-order valence-corrected chi connectivity index (χ3v) is 4.40. The number of aliphatic hydroxyl groups is 1. The second kappa shape index (κ2) is 8.18. The number of phenols is 1. The van der Waals surface area contributed by atoms with Crippen LogP contribution < -0.4 is 15.0 Å². The van der Waals surface area contributed by atoms with Crippen LogP contribution in [-0.2, 0) is 0 Å². The van der Waals surface area contributed by atoms with Gasteiger partial charge in [-0.2, -0.15) is 0 Å². The standard InChI is InChI=1S/C19H25N3O3/c1-14(23)19(25-17-7-5-16(24)6-8-17)22(15-9-12-20-13-10-15)18-4-2-3-11-21-18/h2-8,11,14-15,19-20,23-24H,9-10,12-13H2,1H3. The Morgan fingerprint density at radius 3 is 2.48 bits per heavy atom. The van der Waals surface area contributed by atoms with Crippen LogP contribution in [0.25, 0.3) is 0 Å². The molecule has 1 aliphatic rings. The van der Waals surface area contributed by atoms with Crippen LogP contribution in [0.2, 0.25) is 0 Å². The Hall–Kier alpha value is -2.31. The lowest BCUT2D eigenvalue weighted by molar-refractivity contribution is 0.0384. The molecule has 0 saturated carbocycles. The summed E-state index contributed by atoms with van der Waals surface area (Å²) >= 11 is 0. The lowest BCUT2D eigenvalue weighted by Gasteiger charge is -2.41. The molecule has 1 aromatic carbocycles. The summed E-state index contributed by atoms with van der Waals surface area (Å²) in [5, 5.41) is 23.3. The van der Waals surface area contributed by atoms with Crippen LogP contribution in [0.15, 0.2) is 48.7 Å². The van der Waals surface area contributed by atoms with Gasteiger partial charge >= 0.3 is 0 Å². The van der Waals surface area contributed by atoms with Gasteiger partial charge < -0.3 is 25.2 Å². The van der Waals surface area contributed by atoms with Crippen LogP contribution in [0.3, 0.4) is 0 Å². The van der Waals surface area contributed by atoms with E-state index in [9.17, 15) is 10.2 Å². The fourth-order valence-corrected chi connectivity index (χ4v) is 3.17. The van der Waals surface area contributed by atoms with E-state index in [0.717, 1.165) is 31.7 Å². The van der Waals surface area contributed by atoms with Crippen molar-refractivity contribution < 1.29 is 14.9 Å². The van der Waals surface area contributed by atoms with Crippen LogP contribution in [0.1, 0.15) is 19.8 Å². The number of hydrogen-bond acceptors (Lipinski definition) is 6. The number of pyridine rings is 1. The molecule has 1 fully saturated rings. The van der Waals surface area contributed by atoms with Gasteiger partial charge in [0.2, 0.25) is 0 Å². The first-order chi connectivity index (χ1) is 12.1. The number of benzene rings is 1. The first-order valence-electron chi connectivity index (χ1n) is 8.69. The van der Waals surface area contributed by atoms with E-state index in [4.69, 9.17) is 4.74 Å². The molecule has 1 aromatic heterocycles. The molecule has 1 saturated heterocycles. The van der Waals surface area contributed by atoms with Gasteiger partial charge in [-0.25, -0.2) is 4.98 Å². The van der Waals surface area contributed by atoms with E-state index < -0.39 is 12.3 Å². The van der Waals surface area contributed by atoms with Crippen molar-refractivity contribution in [1.29, 1.82) is 0 Å². The summed E-state index contributed by atoms with van der Waals surface area (Å²) in [4.78, 5) is 6.57. The Morgan fingerprint density at radius 2 is 1.88 bits per heavy atom. The minimum Gasteiger partial charge on any atom is -0.508 e. The first-order valence-corrected chi connectivity index (χ1v) is 8.69. The number of anilines is 1. The number of nitrogens with one attached hydrogen (secondary N) is 1. The Kier molecular flexibility index (Phi) is 5.73. The number of rotatable bonds is 6. The van der Waals surface area contributed by atoms with E-state index in [2.05, 4.69) is 15.2 Å². The van der Waals surface area contributed by atoms with E-state index in [1.807, 2.05) is 18.2 Å². The Morgan fingerprint density at radius 1 is 1.16 bits per heavy atom. The van der Waals surface area contributed by atoms with Gasteiger partial charge in [0.25, 0.3) is 0 Å². The molecule has 3 N–H and O–H groups in total. The lowest BCUT2D eigenvalue weighted by Crippen LogP contribution is -2.54. The molecule has 2 unspecified atom stereocenters. The Bertz CT molecular complexity index is 643. The molecule has 2 atom stereocenters. The molecular weight excluding hydrogens is 318 g/mol. The van der Waals surface area contributed by atoms with Crippen molar-refractivity contribution in [3.63, 3.8) is 0 Å². The summed E-state index contributed by atoms with van der Waals surface area (Å²) < 4.78 is 6.11. The van der Waals surface area contributed by atoms with Gasteiger partial charge in [0.05, 0.1) is 0 Å². The Labute approximate surface area is 148 Å². The monoisotopic (exact) mass is 343 g/mol. The van der Waals surface area contributed by atoms with E-state index in [1.54, 1.807) is 37.4 Å². The molecule has 134 valence electrons. The second-order valence-electron chi connectivity index (χ2n) is 6.32. The normalized spacial score (nSPS) is 17.7. The van der Waals surface area contributed by atoms with Gasteiger partial charge in [-0.1, -0.05) is 6.07 Å². The maximum Gasteiger partial charge on any atom is 0.199 e. The van der Waals surface area contributed by atoms with E-state index in [-0.39, 0.29) is 11.8 Å². The van der Waals surface area contributed by atoms with Crippen molar-refractivity contribution in [2.24, 2.45) is 0 Å². The van der Waals surface area contributed by atoms with Gasteiger partial charge in [0.15, 0.2) is 6.23 Å². The third kappa shape index (κ3) is 4.41. The SMILES string of the molecule is CC(O)C(Oc1ccc(O)cc1)N(c1ccccn1)C1CCNCC1. The van der Waals surface area contributed by atoms with Gasteiger partial charge in [-0.3, -0.25) is 0 Å². The van der Waals surface area contributed by atoms with E-state index in [1.165, 1.54) is 0 Å². The van der Waals surface area contributed by atoms with Gasteiger partial charge in [-0.15, -0.1) is 0 Å². The van der Waals surface area contributed by atoms with Gasteiger partial charge in [0, 0.05) is 12.2 Å². The van der Waals surface area contributed by atoms with Crippen molar-refractivity contribution >= 4 is 5.82 Å². The van der Waals surface area contributed by atoms with Crippen LogP contribution >= 0.6 is 0 Å². The molecule has 0 bridgehead atoms. The zero-order valence-corrected chi connectivity index (χ0v) is 14.4. The maximum absolute atomic E-state index is 10.4. The van der Waals surface area contributed by atoms with Gasteiger partial charge in [-0.05, 0) is 69.3 Å². The number of aromatic nitrogens is 1. The fraction of sp³-hybridized carbons (Fsp3) is 0.421. The zero-order chi connectivity index (χ0) is 17.6. The summed E-state index contributed by atoms with van der Waals surface area (Å²) in [6.45, 7) is 3.58. The maximum atomic E-state index is 10.4. The van der Waals surface area contributed by atoms with Crippen LogP contribution in [0.4, 0.5) is 5.82 Å². The molecule has 0 radical (unpaired) electrons. The van der Waals surface area contributed by atoms with Crippen molar-refractivity contribution in [3.05, 3.63) is 48.7 Å². The first kappa shape index (κ1) is 17.5. The van der Waals surface area contributed by atoms with Crippen molar-refractivity contribution in [3.8, 4) is 11.5 Å². The van der Waals surface area contributed by atoms with Gasteiger partial charge in [0.1, 0.15) is 23.4 Å². The minimum absolute atomic E-state index is 0.181. The predicted molar refractivity (Wildman–Crippen MR) is 96.8 cm³/mol. The highest BCUT2D eigenvalue weighted by Crippen LogP contribution is 2.27. The largest absolute Gasteiger partial charge is 0.508 e. The van der Waals surface area contributed by atoms with Crippen LogP contribution in [0, 0.1) is 0 Å². The number of hydrogen-bond donors (Lipinski definition) is 3. The summed E-state index contributed by atoms with van der Waals surface area (Å²) in [7, 11) is 0. The number of nitrogens with zero attached hydrogens (tertiary/aromatic N) is 2. The predicted octanol–water partition coefficient (Wildman–Crippen LogP) is 2.13. The second-order valence-corrected chi connectivity index (χ2v) is 6.32. The quantitative estimate of drug-likeness (QED) is 0.698. The van der Waals surface area contributed by atoms with E-state index in [0.29, 0.717) is 5.75 Å². The summed E-state index contributed by atoms with van der Waals surface area (Å²) in [6, 6.07) is 12.5. The molecule has 25 heavy (non-hydrogen) atoms. The molecule has 2 heterocycles. The lowest BCUT2D eigenvalue weighted by atomic mass is 10.0. The van der Waals surface area contributed by atoms with E-state index >= 15 is 0 Å². The van der Waals surface area contributed by atoms with Crippen LogP contribution in [-0.4, -0.2) is 46.7 Å². The Balaban J connectivity index is 1.90. The number of ether oxygens (including phenoxy) is 1. The van der Waals surface area contributed by atoms with Crippen molar-refractivity contribution in [1.82, 2.24) is 10.3 Å². The molecular formula is C19H25N3O3. The molecule has 0 aliphatic carbocycles. The average Bonchev–Trinajstić information content (AvgIpc) is 2.64. The third-order valence-electron chi connectivity index (χ3n) is 4.40. The number of phenolic OH excluding ortho intramolecular Hbond substituents is 1. The number of aromatic hydroxyl groups is 1. The molecule has 6 heteroatoms. The topological polar surface area (TPSA) is 77.8 Å². The molecule has 0 amide bonds. The number of aliphatic hydroxyl groups excluding tert-OH is 1. The highest BCUT2D eigenvalue weighted by atomic mass is 16.5. The molecule has 0 spiro atoms. The summed E-state index contributed by atoms with van der Waals surface area (Å²) in [5.74, 6) is 1.57. The van der Waals surface area contributed by atoms with Crippen LogP contribution in [0.5, 0.6) is 11.5 Å². The van der Waals surface area contributed by atoms with Crippen molar-refractivity contribution in [2.45, 2.75) is 38.1 Å². The highest BCUT2D eigenvalue weighted by molar-refractivity contribution is 5.41. The molecule has 1 aliphatic heterocycles. The molecule has 6 nitrogen and oxygen atoms in total.